The molecule has 1 aliphatic rings. The van der Waals surface area contributed by atoms with E-state index in [1.54, 1.807) is 16.7 Å². The lowest BCUT2D eigenvalue weighted by Crippen LogP contribution is -2.51. The van der Waals surface area contributed by atoms with E-state index in [0.29, 0.717) is 32.6 Å². The van der Waals surface area contributed by atoms with Gasteiger partial charge in [-0.2, -0.15) is 11.8 Å². The third-order valence-electron chi connectivity index (χ3n) is 5.45. The van der Waals surface area contributed by atoms with Gasteiger partial charge in [-0.25, -0.2) is 4.79 Å². The number of thioether (sulfide) groups is 1. The molecule has 2 aromatic carbocycles. The van der Waals surface area contributed by atoms with Gasteiger partial charge in [0.15, 0.2) is 0 Å². The summed E-state index contributed by atoms with van der Waals surface area (Å²) in [7, 11) is 0. The highest BCUT2D eigenvalue weighted by Gasteiger charge is 2.27. The molecular weight excluding hydrogens is 424 g/mol. The Morgan fingerprint density at radius 2 is 1.66 bits per heavy atom. The molecule has 0 radical (unpaired) electrons. The van der Waals surface area contributed by atoms with Gasteiger partial charge in [0.2, 0.25) is 5.91 Å². The van der Waals surface area contributed by atoms with E-state index in [-0.39, 0.29) is 12.0 Å². The number of furan rings is 1. The van der Waals surface area contributed by atoms with Crippen LogP contribution in [0.3, 0.4) is 0 Å². The van der Waals surface area contributed by atoms with E-state index in [0.717, 1.165) is 33.4 Å². The molecule has 3 aromatic rings. The number of nitrogens with zero attached hydrogens (tertiary/aromatic N) is 2. The van der Waals surface area contributed by atoms with Crippen LogP contribution in [0.2, 0.25) is 0 Å². The van der Waals surface area contributed by atoms with Gasteiger partial charge in [-0.1, -0.05) is 24.3 Å². The molecule has 32 heavy (non-hydrogen) atoms. The van der Waals surface area contributed by atoms with Crippen LogP contribution < -0.4 is 0 Å². The normalized spacial score (nSPS) is 14.8. The molecule has 0 unspecified atom stereocenters. The van der Waals surface area contributed by atoms with E-state index < -0.39 is 5.60 Å². The van der Waals surface area contributed by atoms with Crippen molar-refractivity contribution in [1.82, 2.24) is 9.80 Å². The van der Waals surface area contributed by atoms with Crippen LogP contribution in [0.1, 0.15) is 32.8 Å². The molecule has 4 rings (SSSR count). The van der Waals surface area contributed by atoms with Crippen molar-refractivity contribution in [1.29, 1.82) is 0 Å². The zero-order valence-electron chi connectivity index (χ0n) is 18.9. The lowest BCUT2D eigenvalue weighted by atomic mass is 10.1. The van der Waals surface area contributed by atoms with Crippen LogP contribution in [0.4, 0.5) is 4.79 Å². The molecule has 6 nitrogen and oxygen atoms in total. The van der Waals surface area contributed by atoms with E-state index in [1.807, 2.05) is 49.9 Å². The first-order chi connectivity index (χ1) is 15.3. The second kappa shape index (κ2) is 9.45. The number of piperazine rings is 1. The van der Waals surface area contributed by atoms with Crippen molar-refractivity contribution in [2.75, 3.05) is 31.9 Å². The fourth-order valence-corrected chi connectivity index (χ4v) is 4.71. The summed E-state index contributed by atoms with van der Waals surface area (Å²) in [5, 5.41) is 2.27. The minimum atomic E-state index is -0.503. The average molecular weight is 455 g/mol. The quantitative estimate of drug-likeness (QED) is 0.490. The van der Waals surface area contributed by atoms with Crippen LogP contribution in [0.5, 0.6) is 0 Å². The third-order valence-corrected chi connectivity index (χ3v) is 6.48. The van der Waals surface area contributed by atoms with Crippen molar-refractivity contribution < 1.29 is 18.7 Å². The van der Waals surface area contributed by atoms with Crippen LogP contribution in [-0.2, 0) is 15.3 Å². The maximum Gasteiger partial charge on any atom is 0.410 e. The molecule has 0 N–H and O–H groups in total. The molecule has 1 aliphatic heterocycles. The van der Waals surface area contributed by atoms with Crippen molar-refractivity contribution in [3.63, 3.8) is 0 Å². The van der Waals surface area contributed by atoms with Gasteiger partial charge >= 0.3 is 6.09 Å². The van der Waals surface area contributed by atoms with Gasteiger partial charge in [-0.15, -0.1) is 0 Å². The first-order valence-corrected chi connectivity index (χ1v) is 12.2. The molecule has 0 atom stereocenters. The third kappa shape index (κ3) is 5.38. The Hall–Kier alpha value is -2.67. The predicted molar refractivity (Wildman–Crippen MR) is 129 cm³/mol. The summed E-state index contributed by atoms with van der Waals surface area (Å²) < 4.78 is 11.3. The molecule has 2 amide bonds. The lowest BCUT2D eigenvalue weighted by Gasteiger charge is -2.35. The summed E-state index contributed by atoms with van der Waals surface area (Å²) in [5.74, 6) is 1.78. The summed E-state index contributed by atoms with van der Waals surface area (Å²) in [6.45, 7) is 7.74. The molecule has 1 fully saturated rings. The van der Waals surface area contributed by atoms with Gasteiger partial charge in [0, 0.05) is 54.9 Å². The van der Waals surface area contributed by atoms with E-state index in [9.17, 15) is 9.59 Å². The molecule has 0 aliphatic carbocycles. The maximum absolute atomic E-state index is 12.6. The Morgan fingerprint density at radius 1 is 0.969 bits per heavy atom. The number of para-hydroxylation sites is 1. The Kier molecular flexibility index (Phi) is 6.65. The Balaban J connectivity index is 1.22. The zero-order chi connectivity index (χ0) is 22.7. The average Bonchev–Trinajstić information content (AvgIpc) is 3.13. The molecule has 2 heterocycles. The molecule has 7 heteroatoms. The molecule has 1 aromatic heterocycles. The van der Waals surface area contributed by atoms with Crippen molar-refractivity contribution >= 4 is 45.7 Å². The summed E-state index contributed by atoms with van der Waals surface area (Å²) in [6, 6.07) is 14.4. The van der Waals surface area contributed by atoms with Crippen molar-refractivity contribution in [2.45, 2.75) is 38.5 Å². The first-order valence-electron chi connectivity index (χ1n) is 11.0. The Labute approximate surface area is 192 Å². The van der Waals surface area contributed by atoms with Crippen molar-refractivity contribution in [3.05, 3.63) is 48.0 Å². The van der Waals surface area contributed by atoms with Gasteiger partial charge in [0.25, 0.3) is 0 Å². The second-order valence-electron chi connectivity index (χ2n) is 9.08. The summed E-state index contributed by atoms with van der Waals surface area (Å²) in [6.07, 6.45) is 0.205. The molecule has 0 spiro atoms. The number of benzene rings is 2. The van der Waals surface area contributed by atoms with E-state index in [2.05, 4.69) is 18.2 Å². The van der Waals surface area contributed by atoms with Gasteiger partial charge in [0.05, 0.1) is 0 Å². The van der Waals surface area contributed by atoms with Crippen molar-refractivity contribution in [3.8, 4) is 0 Å². The van der Waals surface area contributed by atoms with Crippen LogP contribution in [0.25, 0.3) is 21.9 Å². The van der Waals surface area contributed by atoms with E-state index >= 15 is 0 Å². The minimum Gasteiger partial charge on any atom is -0.456 e. The summed E-state index contributed by atoms with van der Waals surface area (Å²) in [5.41, 5.74) is 2.54. The fraction of sp³-hybridized carbons (Fsp3) is 0.440. The topological polar surface area (TPSA) is 63.0 Å². The van der Waals surface area contributed by atoms with Crippen LogP contribution in [0, 0.1) is 0 Å². The number of fused-ring (bicyclic) bond motifs is 3. The number of carbonyl (C=O) groups excluding carboxylic acids is 2. The molecule has 170 valence electrons. The van der Waals surface area contributed by atoms with Crippen molar-refractivity contribution in [2.24, 2.45) is 0 Å². The summed E-state index contributed by atoms with van der Waals surface area (Å²) in [4.78, 5) is 28.3. The van der Waals surface area contributed by atoms with Gasteiger partial charge in [-0.05, 0) is 44.5 Å². The largest absolute Gasteiger partial charge is 0.456 e. The van der Waals surface area contributed by atoms with Gasteiger partial charge in [0.1, 0.15) is 16.8 Å². The first kappa shape index (κ1) is 22.5. The standard InChI is InChI=1S/C25H30N2O4S/c1-25(2,3)31-24(29)27-13-11-26(12-14-27)23(28)10-15-32-17-18-8-9-22-20(16-18)19-6-4-5-7-21(19)30-22/h4-9,16H,10-15,17H2,1-3H3. The van der Waals surface area contributed by atoms with Crippen LogP contribution in [0.15, 0.2) is 46.9 Å². The predicted octanol–water partition coefficient (Wildman–Crippen LogP) is 5.29. The van der Waals surface area contributed by atoms with Gasteiger partial charge < -0.3 is 19.0 Å². The van der Waals surface area contributed by atoms with Gasteiger partial charge in [-0.3, -0.25) is 4.79 Å². The summed E-state index contributed by atoms with van der Waals surface area (Å²) >= 11 is 1.76. The van der Waals surface area contributed by atoms with Crippen LogP contribution in [-0.4, -0.2) is 59.3 Å². The molecule has 1 saturated heterocycles. The Morgan fingerprint density at radius 3 is 2.41 bits per heavy atom. The fourth-order valence-electron chi connectivity index (χ4n) is 3.84. The van der Waals surface area contributed by atoms with E-state index in [4.69, 9.17) is 9.15 Å². The highest BCUT2D eigenvalue weighted by molar-refractivity contribution is 7.98. The Bertz CT molecular complexity index is 1110. The number of ether oxygens (including phenoxy) is 1. The maximum atomic E-state index is 12.6. The minimum absolute atomic E-state index is 0.151. The number of hydrogen-bond donors (Lipinski definition) is 0. The highest BCUT2D eigenvalue weighted by Crippen LogP contribution is 2.30. The smallest absolute Gasteiger partial charge is 0.410 e. The van der Waals surface area contributed by atoms with Crippen LogP contribution >= 0.6 is 11.8 Å². The zero-order valence-corrected chi connectivity index (χ0v) is 19.7. The SMILES string of the molecule is CC(C)(C)OC(=O)N1CCN(C(=O)CCSCc2ccc3oc4ccccc4c3c2)CC1. The van der Waals surface area contributed by atoms with E-state index in [1.165, 1.54) is 5.56 Å². The number of amides is 2. The molecular formula is C25H30N2O4S. The number of hydrogen-bond acceptors (Lipinski definition) is 5. The second-order valence-corrected chi connectivity index (χ2v) is 10.2. The highest BCUT2D eigenvalue weighted by atomic mass is 32.2. The lowest BCUT2D eigenvalue weighted by molar-refractivity contribution is -0.132. The molecule has 0 saturated carbocycles. The monoisotopic (exact) mass is 454 g/mol. The number of carbonyl (C=O) groups is 2. The number of rotatable bonds is 5. The molecule has 0 bridgehead atoms.